The van der Waals surface area contributed by atoms with Crippen LogP contribution in [0.1, 0.15) is 19.6 Å². The number of halogens is 1. The number of hydrogen-bond acceptors (Lipinski definition) is 2. The molecule has 13 heavy (non-hydrogen) atoms. The predicted octanol–water partition coefficient (Wildman–Crippen LogP) is 2.92. The molecular formula is C9H9BrO3. The van der Waals surface area contributed by atoms with Crippen LogP contribution in [0.25, 0.3) is 5.57 Å². The number of carboxylic acids is 1. The van der Waals surface area contributed by atoms with Gasteiger partial charge in [0.25, 0.3) is 0 Å². The fourth-order valence-corrected chi connectivity index (χ4v) is 1.17. The summed E-state index contributed by atoms with van der Waals surface area (Å²) in [6.07, 6.45) is 0. The van der Waals surface area contributed by atoms with Gasteiger partial charge >= 0.3 is 5.97 Å². The van der Waals surface area contributed by atoms with E-state index >= 15 is 0 Å². The second kappa shape index (κ2) is 3.79. The lowest BCUT2D eigenvalue weighted by Gasteiger charge is -1.99. The molecule has 0 saturated carbocycles. The lowest BCUT2D eigenvalue weighted by molar-refractivity contribution is -0.132. The Morgan fingerprint density at radius 3 is 2.46 bits per heavy atom. The van der Waals surface area contributed by atoms with Gasteiger partial charge in [-0.3, -0.25) is 0 Å². The molecule has 0 unspecified atom stereocenters. The number of aliphatic carboxylic acids is 1. The fraction of sp³-hybridized carbons (Fsp3) is 0.222. The lowest BCUT2D eigenvalue weighted by atomic mass is 10.1. The van der Waals surface area contributed by atoms with Gasteiger partial charge in [-0.1, -0.05) is 0 Å². The Hall–Kier alpha value is -1.03. The fourth-order valence-electron chi connectivity index (χ4n) is 0.861. The van der Waals surface area contributed by atoms with Crippen LogP contribution in [0.3, 0.4) is 0 Å². The SMILES string of the molecule is C/C(C(=O)O)=C(/C)c1ccc(Br)o1. The van der Waals surface area contributed by atoms with Gasteiger partial charge in [0, 0.05) is 11.1 Å². The van der Waals surface area contributed by atoms with Crippen molar-refractivity contribution in [3.63, 3.8) is 0 Å². The van der Waals surface area contributed by atoms with E-state index in [0.29, 0.717) is 21.6 Å². The average Bonchev–Trinajstić information content (AvgIpc) is 2.49. The zero-order valence-corrected chi connectivity index (χ0v) is 8.88. The van der Waals surface area contributed by atoms with Gasteiger partial charge in [-0.05, 0) is 41.9 Å². The molecule has 0 atom stereocenters. The van der Waals surface area contributed by atoms with Crippen molar-refractivity contribution in [3.8, 4) is 0 Å². The highest BCUT2D eigenvalue weighted by Gasteiger charge is 2.09. The van der Waals surface area contributed by atoms with E-state index < -0.39 is 5.97 Å². The highest BCUT2D eigenvalue weighted by molar-refractivity contribution is 9.10. The zero-order valence-electron chi connectivity index (χ0n) is 7.30. The Balaban J connectivity index is 3.09. The monoisotopic (exact) mass is 244 g/mol. The smallest absolute Gasteiger partial charge is 0.331 e. The summed E-state index contributed by atoms with van der Waals surface area (Å²) in [7, 11) is 0. The first kappa shape index (κ1) is 10.1. The molecule has 70 valence electrons. The van der Waals surface area contributed by atoms with E-state index in [-0.39, 0.29) is 0 Å². The van der Waals surface area contributed by atoms with Crippen molar-refractivity contribution in [1.82, 2.24) is 0 Å². The number of allylic oxidation sites excluding steroid dienone is 1. The van der Waals surface area contributed by atoms with Crippen molar-refractivity contribution >= 4 is 27.5 Å². The van der Waals surface area contributed by atoms with Gasteiger partial charge in [0.2, 0.25) is 0 Å². The molecule has 1 aromatic rings. The van der Waals surface area contributed by atoms with Crippen LogP contribution < -0.4 is 0 Å². The third-order valence-corrected chi connectivity index (χ3v) is 2.25. The second-order valence-corrected chi connectivity index (χ2v) is 3.44. The van der Waals surface area contributed by atoms with Crippen molar-refractivity contribution in [2.75, 3.05) is 0 Å². The summed E-state index contributed by atoms with van der Waals surface area (Å²) in [5, 5.41) is 8.71. The van der Waals surface area contributed by atoms with E-state index in [0.717, 1.165) is 0 Å². The second-order valence-electron chi connectivity index (χ2n) is 2.66. The molecule has 1 aromatic heterocycles. The van der Waals surface area contributed by atoms with Gasteiger partial charge in [-0.2, -0.15) is 0 Å². The first-order chi connectivity index (χ1) is 6.02. The number of carboxylic acid groups (broad SMARTS) is 1. The van der Waals surface area contributed by atoms with Gasteiger partial charge in [0.05, 0.1) is 0 Å². The number of carbonyl (C=O) groups is 1. The van der Waals surface area contributed by atoms with Crippen molar-refractivity contribution in [1.29, 1.82) is 0 Å². The molecule has 3 nitrogen and oxygen atoms in total. The molecule has 0 aliphatic heterocycles. The molecule has 0 bridgehead atoms. The molecule has 0 saturated heterocycles. The van der Waals surface area contributed by atoms with Crippen LogP contribution >= 0.6 is 15.9 Å². The van der Waals surface area contributed by atoms with Crippen LogP contribution in [0.4, 0.5) is 0 Å². The van der Waals surface area contributed by atoms with E-state index in [1.165, 1.54) is 0 Å². The molecule has 0 amide bonds. The van der Waals surface area contributed by atoms with Gasteiger partial charge in [-0.15, -0.1) is 0 Å². The van der Waals surface area contributed by atoms with Gasteiger partial charge in [-0.25, -0.2) is 4.79 Å². The van der Waals surface area contributed by atoms with Crippen LogP contribution in [0, 0.1) is 0 Å². The number of rotatable bonds is 2. The molecule has 4 heteroatoms. The third-order valence-electron chi connectivity index (χ3n) is 1.83. The maximum absolute atomic E-state index is 10.6. The Morgan fingerprint density at radius 1 is 1.46 bits per heavy atom. The van der Waals surface area contributed by atoms with Gasteiger partial charge < -0.3 is 9.52 Å². The Kier molecular flexibility index (Phi) is 2.93. The Labute approximate surface area is 84.2 Å². The topological polar surface area (TPSA) is 50.4 Å². The average molecular weight is 245 g/mol. The molecule has 1 N–H and O–H groups in total. The highest BCUT2D eigenvalue weighted by Crippen LogP contribution is 2.23. The lowest BCUT2D eigenvalue weighted by Crippen LogP contribution is -1.98. The molecular weight excluding hydrogens is 236 g/mol. The molecule has 0 aliphatic rings. The Bertz CT molecular complexity index is 363. The summed E-state index contributed by atoms with van der Waals surface area (Å²) in [4.78, 5) is 10.6. The van der Waals surface area contributed by atoms with Gasteiger partial charge in [0.1, 0.15) is 5.76 Å². The molecule has 0 aromatic carbocycles. The van der Waals surface area contributed by atoms with Crippen molar-refractivity contribution in [2.45, 2.75) is 13.8 Å². The molecule has 0 radical (unpaired) electrons. The van der Waals surface area contributed by atoms with E-state index in [2.05, 4.69) is 15.9 Å². The summed E-state index contributed by atoms with van der Waals surface area (Å²) in [6, 6.07) is 3.46. The summed E-state index contributed by atoms with van der Waals surface area (Å²) in [6.45, 7) is 3.27. The first-order valence-electron chi connectivity index (χ1n) is 3.69. The molecule has 0 fully saturated rings. The van der Waals surface area contributed by atoms with Crippen LogP contribution in [-0.2, 0) is 4.79 Å². The normalized spacial score (nSPS) is 12.5. The summed E-state index contributed by atoms with van der Waals surface area (Å²) < 4.78 is 5.81. The summed E-state index contributed by atoms with van der Waals surface area (Å²) in [5.74, 6) is -0.350. The maximum atomic E-state index is 10.6. The van der Waals surface area contributed by atoms with Crippen molar-refractivity contribution < 1.29 is 14.3 Å². The van der Waals surface area contributed by atoms with E-state index in [4.69, 9.17) is 9.52 Å². The summed E-state index contributed by atoms with van der Waals surface area (Å²) in [5.41, 5.74) is 0.931. The minimum Gasteiger partial charge on any atom is -0.478 e. The van der Waals surface area contributed by atoms with Crippen LogP contribution in [0.2, 0.25) is 0 Å². The third kappa shape index (κ3) is 2.21. The molecule has 1 rings (SSSR count). The molecule has 0 spiro atoms. The number of furan rings is 1. The Morgan fingerprint density at radius 2 is 2.08 bits per heavy atom. The van der Waals surface area contributed by atoms with Crippen LogP contribution in [0.15, 0.2) is 26.8 Å². The first-order valence-corrected chi connectivity index (χ1v) is 4.48. The minimum absolute atomic E-state index is 0.293. The summed E-state index contributed by atoms with van der Waals surface area (Å²) >= 11 is 3.15. The largest absolute Gasteiger partial charge is 0.478 e. The molecule has 1 heterocycles. The molecule has 0 aliphatic carbocycles. The predicted molar refractivity (Wildman–Crippen MR) is 52.3 cm³/mol. The maximum Gasteiger partial charge on any atom is 0.331 e. The minimum atomic E-state index is -0.926. The van der Waals surface area contributed by atoms with E-state index in [1.54, 1.807) is 26.0 Å². The van der Waals surface area contributed by atoms with Crippen molar-refractivity contribution in [3.05, 3.63) is 28.1 Å². The van der Waals surface area contributed by atoms with Crippen LogP contribution in [-0.4, -0.2) is 11.1 Å². The number of hydrogen-bond donors (Lipinski definition) is 1. The van der Waals surface area contributed by atoms with E-state index in [1.807, 2.05) is 0 Å². The van der Waals surface area contributed by atoms with E-state index in [9.17, 15) is 4.79 Å². The quantitative estimate of drug-likeness (QED) is 0.815. The van der Waals surface area contributed by atoms with Gasteiger partial charge in [0.15, 0.2) is 4.67 Å². The highest BCUT2D eigenvalue weighted by atomic mass is 79.9. The van der Waals surface area contributed by atoms with Crippen molar-refractivity contribution in [2.24, 2.45) is 0 Å². The zero-order chi connectivity index (χ0) is 10.0. The standard InChI is InChI=1S/C9H9BrO3/c1-5(6(2)9(11)12)7-3-4-8(10)13-7/h3-4H,1-2H3,(H,11,12)/b6-5+. The van der Waals surface area contributed by atoms with Crippen LogP contribution in [0.5, 0.6) is 0 Å².